The zero-order valence-corrected chi connectivity index (χ0v) is 7.94. The van der Waals surface area contributed by atoms with E-state index in [0.29, 0.717) is 5.75 Å². The van der Waals surface area contributed by atoms with Crippen LogP contribution in [0.4, 0.5) is 8.78 Å². The Morgan fingerprint density at radius 2 is 1.93 bits per heavy atom. The summed E-state index contributed by atoms with van der Waals surface area (Å²) in [6.07, 6.45) is 0.139. The van der Waals surface area contributed by atoms with Crippen molar-refractivity contribution in [1.82, 2.24) is 0 Å². The first-order chi connectivity index (χ1) is 6.69. The molecule has 0 aliphatic rings. The average molecular weight is 212 g/mol. The van der Waals surface area contributed by atoms with Crippen LogP contribution in [0.1, 0.15) is 15.9 Å². The van der Waals surface area contributed by atoms with E-state index in [1.807, 2.05) is 0 Å². The van der Waals surface area contributed by atoms with E-state index in [1.54, 1.807) is 0 Å². The summed E-state index contributed by atoms with van der Waals surface area (Å²) in [6.45, 7) is 0. The molecule has 0 aromatic heterocycles. The van der Waals surface area contributed by atoms with E-state index >= 15 is 0 Å². The van der Waals surface area contributed by atoms with Gasteiger partial charge < -0.3 is 0 Å². The third kappa shape index (κ3) is 2.33. The lowest BCUT2D eigenvalue weighted by Gasteiger charge is -1.97. The Labute approximate surface area is 85.5 Å². The molecule has 0 fully saturated rings. The Balaban J connectivity index is 3.20. The molecule has 1 aromatic carbocycles. The SMILES string of the molecule is O=Cc1c(F)cc(C#CCS)cc1F. The van der Waals surface area contributed by atoms with Crippen molar-refractivity contribution in [1.29, 1.82) is 0 Å². The predicted molar refractivity (Wildman–Crippen MR) is 52.5 cm³/mol. The number of hydrogen-bond donors (Lipinski definition) is 1. The summed E-state index contributed by atoms with van der Waals surface area (Å²) in [5, 5.41) is 0. The van der Waals surface area contributed by atoms with E-state index in [-0.39, 0.29) is 11.8 Å². The van der Waals surface area contributed by atoms with Crippen LogP contribution in [0, 0.1) is 23.5 Å². The molecule has 72 valence electrons. The van der Waals surface area contributed by atoms with Crippen molar-refractivity contribution in [2.75, 3.05) is 5.75 Å². The van der Waals surface area contributed by atoms with Gasteiger partial charge in [-0.3, -0.25) is 4.79 Å². The Kier molecular flexibility index (Phi) is 3.66. The molecule has 14 heavy (non-hydrogen) atoms. The van der Waals surface area contributed by atoms with E-state index in [4.69, 9.17) is 0 Å². The van der Waals surface area contributed by atoms with Crippen molar-refractivity contribution in [3.05, 3.63) is 34.9 Å². The monoisotopic (exact) mass is 212 g/mol. The Morgan fingerprint density at radius 3 is 2.36 bits per heavy atom. The fraction of sp³-hybridized carbons (Fsp3) is 0.100. The van der Waals surface area contributed by atoms with E-state index in [0.717, 1.165) is 12.1 Å². The second-order valence-electron chi connectivity index (χ2n) is 2.43. The Morgan fingerprint density at radius 1 is 1.36 bits per heavy atom. The van der Waals surface area contributed by atoms with Gasteiger partial charge in [0.05, 0.1) is 11.3 Å². The molecule has 0 radical (unpaired) electrons. The summed E-state index contributed by atoms with van der Waals surface area (Å²) in [6, 6.07) is 2.03. The standard InChI is InChI=1S/C10H6F2OS/c11-9-4-7(2-1-3-14)5-10(12)8(9)6-13/h4-6,14H,3H2. The molecule has 0 unspecified atom stereocenters. The van der Waals surface area contributed by atoms with Crippen LogP contribution in [0.25, 0.3) is 0 Å². The van der Waals surface area contributed by atoms with Crippen LogP contribution in [0.3, 0.4) is 0 Å². The largest absolute Gasteiger partial charge is 0.298 e. The molecule has 1 rings (SSSR count). The summed E-state index contributed by atoms with van der Waals surface area (Å²) < 4.78 is 26.0. The van der Waals surface area contributed by atoms with Gasteiger partial charge in [-0.05, 0) is 12.1 Å². The molecule has 1 aromatic rings. The van der Waals surface area contributed by atoms with Gasteiger partial charge >= 0.3 is 0 Å². The van der Waals surface area contributed by atoms with Gasteiger partial charge in [0.1, 0.15) is 11.6 Å². The molecule has 0 amide bonds. The van der Waals surface area contributed by atoms with E-state index in [9.17, 15) is 13.6 Å². The minimum absolute atomic E-state index is 0.139. The molecular weight excluding hydrogens is 206 g/mol. The quantitative estimate of drug-likeness (QED) is 0.428. The zero-order valence-electron chi connectivity index (χ0n) is 7.05. The van der Waals surface area contributed by atoms with Gasteiger partial charge in [0, 0.05) is 5.56 Å². The number of benzene rings is 1. The van der Waals surface area contributed by atoms with E-state index < -0.39 is 17.2 Å². The molecule has 0 saturated heterocycles. The lowest BCUT2D eigenvalue weighted by Crippen LogP contribution is -1.94. The molecule has 0 saturated carbocycles. The highest BCUT2D eigenvalue weighted by atomic mass is 32.1. The third-order valence-electron chi connectivity index (χ3n) is 1.51. The van der Waals surface area contributed by atoms with Crippen molar-refractivity contribution >= 4 is 18.9 Å². The number of hydrogen-bond acceptors (Lipinski definition) is 2. The van der Waals surface area contributed by atoms with Crippen LogP contribution in [-0.2, 0) is 0 Å². The van der Waals surface area contributed by atoms with Gasteiger partial charge in [-0.2, -0.15) is 12.6 Å². The lowest BCUT2D eigenvalue weighted by atomic mass is 10.1. The highest BCUT2D eigenvalue weighted by molar-refractivity contribution is 7.80. The van der Waals surface area contributed by atoms with Crippen molar-refractivity contribution in [3.63, 3.8) is 0 Å². The summed E-state index contributed by atoms with van der Waals surface area (Å²) in [5.41, 5.74) is -0.374. The summed E-state index contributed by atoms with van der Waals surface area (Å²) in [7, 11) is 0. The van der Waals surface area contributed by atoms with Crippen LogP contribution in [0.2, 0.25) is 0 Å². The summed E-state index contributed by atoms with van der Waals surface area (Å²) >= 11 is 3.82. The van der Waals surface area contributed by atoms with E-state index in [2.05, 4.69) is 24.5 Å². The van der Waals surface area contributed by atoms with Gasteiger partial charge in [0.15, 0.2) is 6.29 Å². The first-order valence-electron chi connectivity index (χ1n) is 3.73. The summed E-state index contributed by atoms with van der Waals surface area (Å²) in [4.78, 5) is 10.2. The van der Waals surface area contributed by atoms with Crippen LogP contribution in [-0.4, -0.2) is 12.0 Å². The molecule has 4 heteroatoms. The highest BCUT2D eigenvalue weighted by Crippen LogP contribution is 2.12. The molecule has 0 N–H and O–H groups in total. The van der Waals surface area contributed by atoms with Crippen LogP contribution < -0.4 is 0 Å². The minimum atomic E-state index is -0.900. The third-order valence-corrected chi connectivity index (χ3v) is 1.67. The molecule has 0 spiro atoms. The topological polar surface area (TPSA) is 17.1 Å². The van der Waals surface area contributed by atoms with Gasteiger partial charge in [-0.1, -0.05) is 11.8 Å². The molecule has 0 atom stereocenters. The highest BCUT2D eigenvalue weighted by Gasteiger charge is 2.08. The Bertz CT molecular complexity index is 395. The number of aldehydes is 1. The first-order valence-corrected chi connectivity index (χ1v) is 4.36. The number of halogens is 2. The van der Waals surface area contributed by atoms with Crippen molar-refractivity contribution in [3.8, 4) is 11.8 Å². The maximum Gasteiger partial charge on any atom is 0.155 e. The Hall–Kier alpha value is -1.34. The smallest absolute Gasteiger partial charge is 0.155 e. The molecule has 0 heterocycles. The second-order valence-corrected chi connectivity index (χ2v) is 2.75. The second kappa shape index (κ2) is 4.77. The number of carbonyl (C=O) groups excluding carboxylic acids is 1. The van der Waals surface area contributed by atoms with Gasteiger partial charge in [0.25, 0.3) is 0 Å². The number of thiol groups is 1. The average Bonchev–Trinajstić information content (AvgIpc) is 2.14. The maximum atomic E-state index is 13.0. The van der Waals surface area contributed by atoms with Crippen LogP contribution >= 0.6 is 12.6 Å². The maximum absolute atomic E-state index is 13.0. The number of carbonyl (C=O) groups is 1. The zero-order chi connectivity index (χ0) is 10.6. The predicted octanol–water partition coefficient (Wildman–Crippen LogP) is 2.06. The molecule has 0 aliphatic heterocycles. The molecule has 0 bridgehead atoms. The lowest BCUT2D eigenvalue weighted by molar-refractivity contribution is 0.111. The summed E-state index contributed by atoms with van der Waals surface area (Å²) in [5.74, 6) is 3.56. The fourth-order valence-corrected chi connectivity index (χ4v) is 0.990. The van der Waals surface area contributed by atoms with Crippen molar-refractivity contribution < 1.29 is 13.6 Å². The van der Waals surface area contributed by atoms with Gasteiger partial charge in [-0.25, -0.2) is 8.78 Å². The molecular formula is C10H6F2OS. The first kappa shape index (κ1) is 10.7. The van der Waals surface area contributed by atoms with Crippen molar-refractivity contribution in [2.45, 2.75) is 0 Å². The van der Waals surface area contributed by atoms with E-state index in [1.165, 1.54) is 0 Å². The number of rotatable bonds is 1. The molecule has 1 nitrogen and oxygen atoms in total. The molecule has 0 aliphatic carbocycles. The minimum Gasteiger partial charge on any atom is -0.298 e. The van der Waals surface area contributed by atoms with Crippen LogP contribution in [0.15, 0.2) is 12.1 Å². The van der Waals surface area contributed by atoms with Gasteiger partial charge in [0.2, 0.25) is 0 Å². The fourth-order valence-electron chi connectivity index (χ4n) is 0.911. The van der Waals surface area contributed by atoms with Crippen molar-refractivity contribution in [2.24, 2.45) is 0 Å². The van der Waals surface area contributed by atoms with Crippen LogP contribution in [0.5, 0.6) is 0 Å². The van der Waals surface area contributed by atoms with Gasteiger partial charge in [-0.15, -0.1) is 0 Å². The normalized spacial score (nSPS) is 9.07.